The molecule has 96 valence electrons. The van der Waals surface area contributed by atoms with Crippen LogP contribution in [0, 0.1) is 5.82 Å². The number of halogens is 1. The number of benzene rings is 1. The highest BCUT2D eigenvalue weighted by molar-refractivity contribution is 5.18. The molecule has 0 amide bonds. The van der Waals surface area contributed by atoms with E-state index in [1.807, 2.05) is 13.8 Å². The van der Waals surface area contributed by atoms with Crippen LogP contribution in [0.2, 0.25) is 0 Å². The number of ether oxygens (including phenoxy) is 2. The molecule has 0 aromatic heterocycles. The van der Waals surface area contributed by atoms with Crippen molar-refractivity contribution in [3.8, 4) is 0 Å². The van der Waals surface area contributed by atoms with Crippen LogP contribution in [0.1, 0.15) is 19.4 Å². The normalized spacial score (nSPS) is 13.0. The second-order valence-corrected chi connectivity index (χ2v) is 3.74. The van der Waals surface area contributed by atoms with Crippen LogP contribution in [0.4, 0.5) is 4.39 Å². The van der Waals surface area contributed by atoms with Crippen LogP contribution < -0.4 is 5.73 Å². The lowest BCUT2D eigenvalue weighted by Crippen LogP contribution is -2.40. The fourth-order valence-corrected chi connectivity index (χ4v) is 1.64. The van der Waals surface area contributed by atoms with Gasteiger partial charge < -0.3 is 15.2 Å². The zero-order valence-corrected chi connectivity index (χ0v) is 10.4. The molecule has 0 aliphatic heterocycles. The predicted molar refractivity (Wildman–Crippen MR) is 65.1 cm³/mol. The van der Waals surface area contributed by atoms with Gasteiger partial charge in [-0.15, -0.1) is 0 Å². The maximum atomic E-state index is 13.4. The highest BCUT2D eigenvalue weighted by Crippen LogP contribution is 2.12. The lowest BCUT2D eigenvalue weighted by atomic mass is 10.1. The van der Waals surface area contributed by atoms with Gasteiger partial charge in [0.05, 0.1) is 6.04 Å². The smallest absolute Gasteiger partial charge is 0.172 e. The zero-order valence-electron chi connectivity index (χ0n) is 10.4. The van der Waals surface area contributed by atoms with Crippen molar-refractivity contribution in [2.75, 3.05) is 13.2 Å². The van der Waals surface area contributed by atoms with Crippen LogP contribution >= 0.6 is 0 Å². The molecule has 1 atom stereocenters. The summed E-state index contributed by atoms with van der Waals surface area (Å²) in [6.45, 7) is 4.80. The molecular weight excluding hydrogens is 221 g/mol. The fourth-order valence-electron chi connectivity index (χ4n) is 1.64. The summed E-state index contributed by atoms with van der Waals surface area (Å²) in [7, 11) is 0. The van der Waals surface area contributed by atoms with Crippen LogP contribution in [-0.2, 0) is 15.9 Å². The molecule has 4 heteroatoms. The van der Waals surface area contributed by atoms with E-state index < -0.39 is 6.29 Å². The molecule has 0 heterocycles. The Morgan fingerprint density at radius 2 is 1.76 bits per heavy atom. The Bertz CT molecular complexity index is 327. The number of hydrogen-bond acceptors (Lipinski definition) is 3. The third-order valence-electron chi connectivity index (χ3n) is 2.42. The highest BCUT2D eigenvalue weighted by atomic mass is 19.1. The summed E-state index contributed by atoms with van der Waals surface area (Å²) >= 11 is 0. The largest absolute Gasteiger partial charge is 0.351 e. The van der Waals surface area contributed by atoms with Gasteiger partial charge in [0, 0.05) is 13.2 Å². The van der Waals surface area contributed by atoms with Gasteiger partial charge in [-0.2, -0.15) is 0 Å². The zero-order chi connectivity index (χ0) is 12.7. The predicted octanol–water partition coefficient (Wildman–Crippen LogP) is 2.09. The Labute approximate surface area is 102 Å². The van der Waals surface area contributed by atoms with Crippen LogP contribution in [0.3, 0.4) is 0 Å². The summed E-state index contributed by atoms with van der Waals surface area (Å²) in [5, 5.41) is 0. The van der Waals surface area contributed by atoms with Crippen molar-refractivity contribution < 1.29 is 13.9 Å². The Morgan fingerprint density at radius 1 is 1.18 bits per heavy atom. The van der Waals surface area contributed by atoms with Gasteiger partial charge in [0.2, 0.25) is 0 Å². The summed E-state index contributed by atoms with van der Waals surface area (Å²) in [4.78, 5) is 0. The van der Waals surface area contributed by atoms with Crippen LogP contribution in [0.25, 0.3) is 0 Å². The monoisotopic (exact) mass is 241 g/mol. The number of nitrogens with two attached hydrogens (primary N) is 1. The van der Waals surface area contributed by atoms with Crippen LogP contribution in [0.15, 0.2) is 24.3 Å². The second kappa shape index (κ2) is 7.37. The van der Waals surface area contributed by atoms with E-state index in [2.05, 4.69) is 0 Å². The Kier molecular flexibility index (Phi) is 6.11. The first kappa shape index (κ1) is 14.1. The molecule has 1 unspecified atom stereocenters. The van der Waals surface area contributed by atoms with E-state index in [0.717, 1.165) is 0 Å². The third-order valence-corrected chi connectivity index (χ3v) is 2.42. The van der Waals surface area contributed by atoms with Crippen LogP contribution in [0.5, 0.6) is 0 Å². The Balaban J connectivity index is 2.62. The van der Waals surface area contributed by atoms with Gasteiger partial charge in [-0.1, -0.05) is 18.2 Å². The van der Waals surface area contributed by atoms with Crippen molar-refractivity contribution in [2.45, 2.75) is 32.6 Å². The van der Waals surface area contributed by atoms with E-state index >= 15 is 0 Å². The highest BCUT2D eigenvalue weighted by Gasteiger charge is 2.19. The van der Waals surface area contributed by atoms with Crippen molar-refractivity contribution in [2.24, 2.45) is 5.73 Å². The van der Waals surface area contributed by atoms with E-state index in [1.54, 1.807) is 18.2 Å². The molecule has 1 aromatic carbocycles. The molecule has 0 saturated carbocycles. The fraction of sp³-hybridized carbons (Fsp3) is 0.538. The maximum Gasteiger partial charge on any atom is 0.172 e. The lowest BCUT2D eigenvalue weighted by molar-refractivity contribution is -0.148. The minimum Gasteiger partial charge on any atom is -0.351 e. The van der Waals surface area contributed by atoms with Crippen molar-refractivity contribution in [3.63, 3.8) is 0 Å². The van der Waals surface area contributed by atoms with Gasteiger partial charge in [-0.25, -0.2) is 4.39 Å². The first-order valence-corrected chi connectivity index (χ1v) is 5.91. The molecule has 17 heavy (non-hydrogen) atoms. The summed E-state index contributed by atoms with van der Waals surface area (Å²) in [6.07, 6.45) is -0.0817. The topological polar surface area (TPSA) is 44.5 Å². The van der Waals surface area contributed by atoms with E-state index in [9.17, 15) is 4.39 Å². The average Bonchev–Trinajstić information content (AvgIpc) is 2.32. The molecule has 1 rings (SSSR count). The molecule has 0 aliphatic carbocycles. The van der Waals surface area contributed by atoms with Crippen molar-refractivity contribution in [1.82, 2.24) is 0 Å². The minimum atomic E-state index is -0.482. The van der Waals surface area contributed by atoms with Gasteiger partial charge in [0.25, 0.3) is 0 Å². The standard InChI is InChI=1S/C13H20FNO2/c1-3-16-13(17-4-2)12(15)9-10-7-5-6-8-11(10)14/h5-8,12-13H,3-4,9,15H2,1-2H3. The third kappa shape index (κ3) is 4.42. The van der Waals surface area contributed by atoms with E-state index in [1.165, 1.54) is 6.07 Å². The van der Waals surface area contributed by atoms with E-state index in [-0.39, 0.29) is 11.9 Å². The van der Waals surface area contributed by atoms with Gasteiger partial charge in [0.1, 0.15) is 5.82 Å². The van der Waals surface area contributed by atoms with Gasteiger partial charge in [-0.05, 0) is 31.9 Å². The maximum absolute atomic E-state index is 13.4. The van der Waals surface area contributed by atoms with Crippen LogP contribution in [-0.4, -0.2) is 25.5 Å². The van der Waals surface area contributed by atoms with E-state index in [0.29, 0.717) is 25.2 Å². The first-order valence-electron chi connectivity index (χ1n) is 5.91. The minimum absolute atomic E-state index is 0.241. The molecule has 2 N–H and O–H groups in total. The number of hydrogen-bond donors (Lipinski definition) is 1. The molecule has 0 fully saturated rings. The molecule has 0 saturated heterocycles. The quantitative estimate of drug-likeness (QED) is 0.743. The van der Waals surface area contributed by atoms with Gasteiger partial charge in [-0.3, -0.25) is 0 Å². The van der Waals surface area contributed by atoms with Gasteiger partial charge >= 0.3 is 0 Å². The lowest BCUT2D eigenvalue weighted by Gasteiger charge is -2.23. The molecule has 0 radical (unpaired) electrons. The Morgan fingerprint density at radius 3 is 2.29 bits per heavy atom. The summed E-state index contributed by atoms with van der Waals surface area (Å²) in [5.41, 5.74) is 6.56. The van der Waals surface area contributed by atoms with Gasteiger partial charge in [0.15, 0.2) is 6.29 Å². The summed E-state index contributed by atoms with van der Waals surface area (Å²) in [6, 6.07) is 6.24. The summed E-state index contributed by atoms with van der Waals surface area (Å²) in [5.74, 6) is -0.241. The molecule has 1 aromatic rings. The van der Waals surface area contributed by atoms with Crippen molar-refractivity contribution in [3.05, 3.63) is 35.6 Å². The molecule has 0 aliphatic rings. The SMILES string of the molecule is CCOC(OCC)C(N)Cc1ccccc1F. The number of rotatable bonds is 7. The summed E-state index contributed by atoms with van der Waals surface area (Å²) < 4.78 is 24.2. The van der Waals surface area contributed by atoms with Crippen molar-refractivity contribution in [1.29, 1.82) is 0 Å². The molecule has 0 spiro atoms. The van der Waals surface area contributed by atoms with E-state index in [4.69, 9.17) is 15.2 Å². The molecular formula is C13H20FNO2. The van der Waals surface area contributed by atoms with Crippen molar-refractivity contribution >= 4 is 0 Å². The Hall–Kier alpha value is -0.970. The molecule has 3 nitrogen and oxygen atoms in total. The molecule has 0 bridgehead atoms. The average molecular weight is 241 g/mol. The first-order chi connectivity index (χ1) is 8.19. The second-order valence-electron chi connectivity index (χ2n) is 3.74.